The highest BCUT2D eigenvalue weighted by atomic mass is 16.5. The predicted octanol–water partition coefficient (Wildman–Crippen LogP) is 5.21. The molecule has 0 atom stereocenters. The summed E-state index contributed by atoms with van der Waals surface area (Å²) in [6.45, 7) is 10.3. The van der Waals surface area contributed by atoms with Crippen LogP contribution in [0.1, 0.15) is 33.3 Å². The van der Waals surface area contributed by atoms with Crippen LogP contribution in [-0.4, -0.2) is 12.2 Å². The first-order valence-corrected chi connectivity index (χ1v) is 9.23. The lowest BCUT2D eigenvalue weighted by atomic mass is 10.0. The Morgan fingerprint density at radius 1 is 0.846 bits per heavy atom. The summed E-state index contributed by atoms with van der Waals surface area (Å²) in [5, 5.41) is 1.23. The molecule has 2 aromatic carbocycles. The van der Waals surface area contributed by atoms with Crippen molar-refractivity contribution in [3.8, 4) is 22.8 Å². The van der Waals surface area contributed by atoms with E-state index in [2.05, 4.69) is 61.0 Å². The van der Waals surface area contributed by atoms with E-state index < -0.39 is 0 Å². The molecule has 0 bridgehead atoms. The number of rotatable bonds is 5. The summed E-state index contributed by atoms with van der Waals surface area (Å²) in [6, 6.07) is 16.9. The minimum Gasteiger partial charge on any atom is -0.491 e. The molecule has 0 unspecified atom stereocenters. The van der Waals surface area contributed by atoms with Gasteiger partial charge >= 0.3 is 0 Å². The molecule has 0 N–H and O–H groups in total. The molecule has 0 aliphatic rings. The number of aromatic nitrogens is 1. The minimum atomic E-state index is 0.112. The molecule has 3 heteroatoms. The fourth-order valence-corrected chi connectivity index (χ4v) is 3.26. The SMILES string of the molecule is Cc1c(OC(C)C)cc(OC(C)C)cc1-c1ccc2ccccc2[n+]1C. The summed E-state index contributed by atoms with van der Waals surface area (Å²) in [7, 11) is 2.11. The van der Waals surface area contributed by atoms with Crippen LogP contribution in [0, 0.1) is 6.92 Å². The van der Waals surface area contributed by atoms with Gasteiger partial charge in [0.25, 0.3) is 0 Å². The molecule has 0 spiro atoms. The largest absolute Gasteiger partial charge is 0.491 e. The van der Waals surface area contributed by atoms with Crippen LogP contribution in [0.3, 0.4) is 0 Å². The van der Waals surface area contributed by atoms with Gasteiger partial charge in [-0.15, -0.1) is 0 Å². The van der Waals surface area contributed by atoms with E-state index in [0.29, 0.717) is 0 Å². The zero-order chi connectivity index (χ0) is 18.8. The standard InChI is InChI=1S/C23H28NO2/c1-15(2)25-19-13-20(17(5)23(14-19)26-16(3)4)22-12-11-18-9-7-8-10-21(18)24(22)6/h7-16H,1-6H3/q+1. The van der Waals surface area contributed by atoms with Gasteiger partial charge in [0.15, 0.2) is 0 Å². The number of fused-ring (bicyclic) bond motifs is 1. The molecule has 0 radical (unpaired) electrons. The number of hydrogen-bond donors (Lipinski definition) is 0. The fourth-order valence-electron chi connectivity index (χ4n) is 3.26. The molecular weight excluding hydrogens is 322 g/mol. The number of ether oxygens (including phenoxy) is 2. The van der Waals surface area contributed by atoms with Crippen molar-refractivity contribution in [1.82, 2.24) is 0 Å². The van der Waals surface area contributed by atoms with Crippen molar-refractivity contribution in [2.45, 2.75) is 46.8 Å². The van der Waals surface area contributed by atoms with Gasteiger partial charge in [-0.1, -0.05) is 12.1 Å². The van der Waals surface area contributed by atoms with Crippen LogP contribution in [0.4, 0.5) is 0 Å². The van der Waals surface area contributed by atoms with E-state index in [1.165, 1.54) is 10.9 Å². The van der Waals surface area contributed by atoms with Gasteiger partial charge in [-0.3, -0.25) is 0 Å². The van der Waals surface area contributed by atoms with Crippen LogP contribution >= 0.6 is 0 Å². The fraction of sp³-hybridized carbons (Fsp3) is 0.348. The Hall–Kier alpha value is -2.55. The molecule has 0 aliphatic heterocycles. The van der Waals surface area contributed by atoms with E-state index in [9.17, 15) is 0 Å². The Morgan fingerprint density at radius 3 is 2.23 bits per heavy atom. The van der Waals surface area contributed by atoms with E-state index >= 15 is 0 Å². The summed E-state index contributed by atoms with van der Waals surface area (Å²) in [6.07, 6.45) is 0.226. The van der Waals surface area contributed by atoms with Crippen LogP contribution in [0.2, 0.25) is 0 Å². The van der Waals surface area contributed by atoms with Crippen molar-refractivity contribution >= 4 is 10.9 Å². The molecule has 136 valence electrons. The molecule has 0 aliphatic carbocycles. The van der Waals surface area contributed by atoms with Gasteiger partial charge < -0.3 is 9.47 Å². The Labute approximate surface area is 156 Å². The average Bonchev–Trinajstić information content (AvgIpc) is 2.57. The smallest absolute Gasteiger partial charge is 0.213 e. The summed E-state index contributed by atoms with van der Waals surface area (Å²) in [5.41, 5.74) is 4.60. The van der Waals surface area contributed by atoms with E-state index in [-0.39, 0.29) is 12.2 Å². The molecule has 1 heterocycles. The summed E-state index contributed by atoms with van der Waals surface area (Å²) in [5.74, 6) is 1.71. The van der Waals surface area contributed by atoms with Crippen molar-refractivity contribution in [3.63, 3.8) is 0 Å². The molecule has 3 nitrogen and oxygen atoms in total. The van der Waals surface area contributed by atoms with Gasteiger partial charge in [-0.05, 0) is 52.8 Å². The summed E-state index contributed by atoms with van der Waals surface area (Å²) < 4.78 is 14.3. The van der Waals surface area contributed by atoms with Gasteiger partial charge in [0.2, 0.25) is 11.2 Å². The zero-order valence-corrected chi connectivity index (χ0v) is 16.5. The highest BCUT2D eigenvalue weighted by Crippen LogP contribution is 2.35. The van der Waals surface area contributed by atoms with Gasteiger partial charge in [0.05, 0.1) is 17.8 Å². The number of para-hydroxylation sites is 1. The first-order chi connectivity index (χ1) is 12.4. The number of aryl methyl sites for hydroxylation is 1. The minimum absolute atomic E-state index is 0.112. The number of pyridine rings is 1. The monoisotopic (exact) mass is 350 g/mol. The maximum Gasteiger partial charge on any atom is 0.213 e. The van der Waals surface area contributed by atoms with Crippen LogP contribution in [0.5, 0.6) is 11.5 Å². The highest BCUT2D eigenvalue weighted by Gasteiger charge is 2.20. The third-order valence-electron chi connectivity index (χ3n) is 4.42. The highest BCUT2D eigenvalue weighted by molar-refractivity contribution is 5.78. The molecule has 3 rings (SSSR count). The number of nitrogens with zero attached hydrogens (tertiary/aromatic N) is 1. The number of hydrogen-bond acceptors (Lipinski definition) is 2. The Balaban J connectivity index is 2.21. The second-order valence-corrected chi connectivity index (χ2v) is 7.26. The van der Waals surface area contributed by atoms with Crippen LogP contribution < -0.4 is 14.0 Å². The molecule has 0 saturated carbocycles. The topological polar surface area (TPSA) is 22.3 Å². The van der Waals surface area contributed by atoms with Crippen molar-refractivity contribution < 1.29 is 14.0 Å². The first kappa shape index (κ1) is 18.2. The molecule has 26 heavy (non-hydrogen) atoms. The number of benzene rings is 2. The predicted molar refractivity (Wildman–Crippen MR) is 107 cm³/mol. The van der Waals surface area contributed by atoms with Gasteiger partial charge in [-0.2, -0.15) is 4.57 Å². The Morgan fingerprint density at radius 2 is 1.54 bits per heavy atom. The maximum absolute atomic E-state index is 6.07. The maximum atomic E-state index is 6.07. The van der Waals surface area contributed by atoms with Crippen molar-refractivity contribution in [3.05, 3.63) is 54.1 Å². The van der Waals surface area contributed by atoms with Crippen LogP contribution in [-0.2, 0) is 7.05 Å². The lowest BCUT2D eigenvalue weighted by Gasteiger charge is -2.18. The zero-order valence-electron chi connectivity index (χ0n) is 16.5. The first-order valence-electron chi connectivity index (χ1n) is 9.23. The molecule has 0 saturated heterocycles. The van der Waals surface area contributed by atoms with Crippen LogP contribution in [0.25, 0.3) is 22.2 Å². The quantitative estimate of drug-likeness (QED) is 0.589. The molecule has 0 fully saturated rings. The van der Waals surface area contributed by atoms with Gasteiger partial charge in [0, 0.05) is 29.1 Å². The van der Waals surface area contributed by atoms with Crippen LogP contribution in [0.15, 0.2) is 48.5 Å². The third kappa shape index (κ3) is 3.67. The lowest BCUT2D eigenvalue weighted by Crippen LogP contribution is -2.32. The third-order valence-corrected chi connectivity index (χ3v) is 4.42. The van der Waals surface area contributed by atoms with E-state index in [1.807, 2.05) is 33.8 Å². The second-order valence-electron chi connectivity index (χ2n) is 7.26. The Bertz CT molecular complexity index is 929. The average molecular weight is 350 g/mol. The molecule has 0 amide bonds. The van der Waals surface area contributed by atoms with Gasteiger partial charge in [-0.25, -0.2) is 0 Å². The van der Waals surface area contributed by atoms with E-state index in [4.69, 9.17) is 9.47 Å². The lowest BCUT2D eigenvalue weighted by molar-refractivity contribution is -0.633. The van der Waals surface area contributed by atoms with E-state index in [1.54, 1.807) is 0 Å². The van der Waals surface area contributed by atoms with Crippen molar-refractivity contribution in [1.29, 1.82) is 0 Å². The molecular formula is C23H28NO2+. The molecule has 3 aromatic rings. The normalized spacial score (nSPS) is 11.4. The van der Waals surface area contributed by atoms with Gasteiger partial charge in [0.1, 0.15) is 18.5 Å². The second kappa shape index (κ2) is 7.36. The summed E-state index contributed by atoms with van der Waals surface area (Å²) >= 11 is 0. The Kier molecular flexibility index (Phi) is 5.17. The van der Waals surface area contributed by atoms with Crippen molar-refractivity contribution in [2.75, 3.05) is 0 Å². The summed E-state index contributed by atoms with van der Waals surface area (Å²) in [4.78, 5) is 0. The van der Waals surface area contributed by atoms with Crippen molar-refractivity contribution in [2.24, 2.45) is 7.05 Å². The van der Waals surface area contributed by atoms with E-state index in [0.717, 1.165) is 28.3 Å². The molecule has 1 aromatic heterocycles.